The molecule has 0 saturated carbocycles. The van der Waals surface area contributed by atoms with Gasteiger partial charge in [-0.1, -0.05) is 35.5 Å². The smallest absolute Gasteiger partial charge is 0.247 e. The van der Waals surface area contributed by atoms with Crippen LogP contribution in [-0.4, -0.2) is 10.1 Å². The van der Waals surface area contributed by atoms with Crippen molar-refractivity contribution >= 4 is 0 Å². The molecule has 2 rings (SSSR count). The van der Waals surface area contributed by atoms with E-state index in [1.165, 1.54) is 6.33 Å². The Morgan fingerprint density at radius 1 is 1.23 bits per heavy atom. The van der Waals surface area contributed by atoms with Crippen LogP contribution in [0.2, 0.25) is 0 Å². The van der Waals surface area contributed by atoms with Crippen LogP contribution in [0.1, 0.15) is 17.5 Å². The molecular weight excluding hydrogens is 166 g/mol. The maximum atomic E-state index is 5.86. The molecule has 2 aromatic rings. The largest absolute Gasteiger partial charge is 0.338 e. The molecule has 0 radical (unpaired) electrons. The van der Waals surface area contributed by atoms with Crippen LogP contribution < -0.4 is 5.73 Å². The Bertz CT molecular complexity index is 358. The first kappa shape index (κ1) is 7.94. The molecule has 0 fully saturated rings. The summed E-state index contributed by atoms with van der Waals surface area (Å²) in [6.07, 6.45) is 1.35. The molecule has 2 N–H and O–H groups in total. The zero-order chi connectivity index (χ0) is 9.10. The highest BCUT2D eigenvalue weighted by Gasteiger charge is 2.12. The van der Waals surface area contributed by atoms with Gasteiger partial charge in [-0.3, -0.25) is 0 Å². The fourth-order valence-corrected chi connectivity index (χ4v) is 1.12. The molecular formula is C9H9N3O. The SMILES string of the molecule is N[C@@H](c1ccccc1)c1ncno1. The van der Waals surface area contributed by atoms with Crippen LogP contribution in [0.5, 0.6) is 0 Å². The minimum Gasteiger partial charge on any atom is -0.338 e. The summed E-state index contributed by atoms with van der Waals surface area (Å²) in [5.74, 6) is 0.436. The number of hydrogen-bond donors (Lipinski definition) is 1. The normalized spacial score (nSPS) is 12.7. The minimum atomic E-state index is -0.330. The molecule has 1 atom stereocenters. The van der Waals surface area contributed by atoms with E-state index in [0.29, 0.717) is 5.89 Å². The highest BCUT2D eigenvalue weighted by Crippen LogP contribution is 2.15. The van der Waals surface area contributed by atoms with Gasteiger partial charge in [-0.25, -0.2) is 0 Å². The molecule has 1 aromatic carbocycles. The molecule has 1 heterocycles. The fourth-order valence-electron chi connectivity index (χ4n) is 1.12. The lowest BCUT2D eigenvalue weighted by Gasteiger charge is -2.05. The number of nitrogens with zero attached hydrogens (tertiary/aromatic N) is 2. The molecule has 0 bridgehead atoms. The first-order valence-corrected chi connectivity index (χ1v) is 3.95. The second-order valence-corrected chi connectivity index (χ2v) is 2.67. The van der Waals surface area contributed by atoms with Gasteiger partial charge in [-0.2, -0.15) is 4.98 Å². The number of nitrogens with two attached hydrogens (primary N) is 1. The summed E-state index contributed by atoms with van der Waals surface area (Å²) >= 11 is 0. The molecule has 0 saturated heterocycles. The fraction of sp³-hybridized carbons (Fsp3) is 0.111. The number of rotatable bonds is 2. The third-order valence-electron chi connectivity index (χ3n) is 1.80. The van der Waals surface area contributed by atoms with E-state index in [0.717, 1.165) is 5.56 Å². The summed E-state index contributed by atoms with van der Waals surface area (Å²) < 4.78 is 4.86. The number of aromatic nitrogens is 2. The van der Waals surface area contributed by atoms with Crippen molar-refractivity contribution in [2.75, 3.05) is 0 Å². The van der Waals surface area contributed by atoms with E-state index >= 15 is 0 Å². The summed E-state index contributed by atoms with van der Waals surface area (Å²) in [5, 5.41) is 3.50. The zero-order valence-electron chi connectivity index (χ0n) is 6.92. The summed E-state index contributed by atoms with van der Waals surface area (Å²) in [4.78, 5) is 3.89. The third-order valence-corrected chi connectivity index (χ3v) is 1.80. The Kier molecular flexibility index (Phi) is 2.06. The van der Waals surface area contributed by atoms with Gasteiger partial charge < -0.3 is 10.3 Å². The van der Waals surface area contributed by atoms with Crippen molar-refractivity contribution in [3.8, 4) is 0 Å². The Balaban J connectivity index is 2.29. The average Bonchev–Trinajstić information content (AvgIpc) is 2.71. The lowest BCUT2D eigenvalue weighted by atomic mass is 10.1. The lowest BCUT2D eigenvalue weighted by molar-refractivity contribution is 0.366. The van der Waals surface area contributed by atoms with Gasteiger partial charge in [0.1, 0.15) is 6.04 Å². The monoisotopic (exact) mass is 175 g/mol. The van der Waals surface area contributed by atoms with Gasteiger partial charge in [0.25, 0.3) is 0 Å². The van der Waals surface area contributed by atoms with Crippen LogP contribution in [0.3, 0.4) is 0 Å². The molecule has 66 valence electrons. The molecule has 0 unspecified atom stereocenters. The molecule has 1 aromatic heterocycles. The highest BCUT2D eigenvalue weighted by molar-refractivity contribution is 5.22. The summed E-state index contributed by atoms with van der Waals surface area (Å²) in [6, 6.07) is 9.30. The third kappa shape index (κ3) is 1.57. The van der Waals surface area contributed by atoms with Gasteiger partial charge in [0, 0.05) is 0 Å². The molecule has 0 aliphatic rings. The Morgan fingerprint density at radius 3 is 2.62 bits per heavy atom. The Morgan fingerprint density at radius 2 is 2.00 bits per heavy atom. The number of hydrogen-bond acceptors (Lipinski definition) is 4. The van der Waals surface area contributed by atoms with Gasteiger partial charge in [0.15, 0.2) is 6.33 Å². The summed E-state index contributed by atoms with van der Waals surface area (Å²) in [6.45, 7) is 0. The van der Waals surface area contributed by atoms with Gasteiger partial charge in [0.2, 0.25) is 5.89 Å². The van der Waals surface area contributed by atoms with Gasteiger partial charge in [0.05, 0.1) is 0 Å². The quantitative estimate of drug-likeness (QED) is 0.742. The van der Waals surface area contributed by atoms with E-state index in [2.05, 4.69) is 10.1 Å². The van der Waals surface area contributed by atoms with Crippen molar-refractivity contribution in [1.82, 2.24) is 10.1 Å². The van der Waals surface area contributed by atoms with Crippen molar-refractivity contribution in [3.63, 3.8) is 0 Å². The average molecular weight is 175 g/mol. The summed E-state index contributed by atoms with van der Waals surface area (Å²) in [5.41, 5.74) is 6.83. The van der Waals surface area contributed by atoms with Gasteiger partial charge in [-0.15, -0.1) is 0 Å². The Labute approximate surface area is 75.4 Å². The van der Waals surface area contributed by atoms with E-state index in [1.54, 1.807) is 0 Å². The van der Waals surface area contributed by atoms with Crippen LogP contribution in [-0.2, 0) is 0 Å². The predicted molar refractivity (Wildman–Crippen MR) is 46.8 cm³/mol. The van der Waals surface area contributed by atoms with Crippen molar-refractivity contribution in [2.24, 2.45) is 5.73 Å². The number of benzene rings is 1. The summed E-state index contributed by atoms with van der Waals surface area (Å²) in [7, 11) is 0. The van der Waals surface area contributed by atoms with E-state index in [1.807, 2.05) is 30.3 Å². The van der Waals surface area contributed by atoms with E-state index < -0.39 is 0 Å². The molecule has 13 heavy (non-hydrogen) atoms. The standard InChI is InChI=1S/C9H9N3O/c10-8(9-11-6-12-13-9)7-4-2-1-3-5-7/h1-6,8H,10H2/t8-/m0/s1. The van der Waals surface area contributed by atoms with Crippen LogP contribution in [0.15, 0.2) is 41.2 Å². The minimum absolute atomic E-state index is 0.330. The second kappa shape index (κ2) is 3.37. The van der Waals surface area contributed by atoms with Crippen LogP contribution in [0.4, 0.5) is 0 Å². The first-order chi connectivity index (χ1) is 6.38. The van der Waals surface area contributed by atoms with Crippen molar-refractivity contribution in [3.05, 3.63) is 48.1 Å². The molecule has 0 spiro atoms. The van der Waals surface area contributed by atoms with Gasteiger partial charge >= 0.3 is 0 Å². The second-order valence-electron chi connectivity index (χ2n) is 2.67. The lowest BCUT2D eigenvalue weighted by Crippen LogP contribution is -2.11. The van der Waals surface area contributed by atoms with Gasteiger partial charge in [-0.05, 0) is 5.56 Å². The maximum Gasteiger partial charge on any atom is 0.247 e. The van der Waals surface area contributed by atoms with E-state index in [4.69, 9.17) is 10.3 Å². The Hall–Kier alpha value is -1.68. The molecule has 0 aliphatic heterocycles. The topological polar surface area (TPSA) is 64.9 Å². The van der Waals surface area contributed by atoms with Crippen LogP contribution in [0, 0.1) is 0 Å². The van der Waals surface area contributed by atoms with Crippen molar-refractivity contribution in [1.29, 1.82) is 0 Å². The molecule has 0 amide bonds. The van der Waals surface area contributed by atoms with Crippen LogP contribution in [0.25, 0.3) is 0 Å². The highest BCUT2D eigenvalue weighted by atomic mass is 16.5. The first-order valence-electron chi connectivity index (χ1n) is 3.95. The van der Waals surface area contributed by atoms with Crippen molar-refractivity contribution in [2.45, 2.75) is 6.04 Å². The van der Waals surface area contributed by atoms with Crippen LogP contribution >= 0.6 is 0 Å². The van der Waals surface area contributed by atoms with E-state index in [9.17, 15) is 0 Å². The van der Waals surface area contributed by atoms with E-state index in [-0.39, 0.29) is 6.04 Å². The molecule has 4 heteroatoms. The zero-order valence-corrected chi connectivity index (χ0v) is 6.92. The molecule has 4 nitrogen and oxygen atoms in total. The van der Waals surface area contributed by atoms with Crippen molar-refractivity contribution < 1.29 is 4.52 Å². The maximum absolute atomic E-state index is 5.86. The predicted octanol–water partition coefficient (Wildman–Crippen LogP) is 1.12. The molecule has 0 aliphatic carbocycles.